The SMILES string of the molecule is C#CCOc1cc(C)cc(C(C)C)c1. The summed E-state index contributed by atoms with van der Waals surface area (Å²) in [7, 11) is 0. The van der Waals surface area contributed by atoms with Crippen LogP contribution in [0.25, 0.3) is 0 Å². The Morgan fingerprint density at radius 1 is 1.36 bits per heavy atom. The Balaban J connectivity index is 2.90. The first-order valence-corrected chi connectivity index (χ1v) is 4.81. The highest BCUT2D eigenvalue weighted by atomic mass is 16.5. The molecule has 0 amide bonds. The fourth-order valence-electron chi connectivity index (χ4n) is 1.32. The van der Waals surface area contributed by atoms with Crippen molar-refractivity contribution in [2.75, 3.05) is 6.61 Å². The first-order valence-electron chi connectivity index (χ1n) is 4.81. The van der Waals surface area contributed by atoms with Crippen molar-refractivity contribution in [1.82, 2.24) is 0 Å². The van der Waals surface area contributed by atoms with Crippen LogP contribution >= 0.6 is 0 Å². The zero-order chi connectivity index (χ0) is 10.6. The molecular formula is C13H16O. The Kier molecular flexibility index (Phi) is 3.59. The quantitative estimate of drug-likeness (QED) is 0.662. The standard InChI is InChI=1S/C13H16O/c1-5-6-14-13-8-11(4)7-12(9-13)10(2)3/h1,7-10H,6H2,2-4H3. The predicted molar refractivity (Wildman–Crippen MR) is 59.6 cm³/mol. The van der Waals surface area contributed by atoms with Crippen LogP contribution in [0.1, 0.15) is 30.9 Å². The number of hydrogen-bond donors (Lipinski definition) is 0. The second-order valence-corrected chi connectivity index (χ2v) is 3.73. The van der Waals surface area contributed by atoms with E-state index in [9.17, 15) is 0 Å². The van der Waals surface area contributed by atoms with Gasteiger partial charge in [-0.25, -0.2) is 0 Å². The Bertz CT molecular complexity index is 345. The molecule has 0 saturated heterocycles. The van der Waals surface area contributed by atoms with Gasteiger partial charge in [0.15, 0.2) is 0 Å². The lowest BCUT2D eigenvalue weighted by Gasteiger charge is -2.10. The van der Waals surface area contributed by atoms with E-state index in [0.29, 0.717) is 12.5 Å². The molecular weight excluding hydrogens is 172 g/mol. The molecule has 1 nitrogen and oxygen atoms in total. The molecule has 0 saturated carbocycles. The summed E-state index contributed by atoms with van der Waals surface area (Å²) >= 11 is 0. The van der Waals surface area contributed by atoms with E-state index in [4.69, 9.17) is 11.2 Å². The molecule has 0 fully saturated rings. The maximum Gasteiger partial charge on any atom is 0.148 e. The second kappa shape index (κ2) is 4.72. The Hall–Kier alpha value is -1.42. The molecule has 1 rings (SSSR count). The summed E-state index contributed by atoms with van der Waals surface area (Å²) < 4.78 is 5.39. The van der Waals surface area contributed by atoms with Crippen LogP contribution in [0.5, 0.6) is 5.75 Å². The summed E-state index contributed by atoms with van der Waals surface area (Å²) in [6, 6.07) is 6.23. The van der Waals surface area contributed by atoms with Gasteiger partial charge in [0.25, 0.3) is 0 Å². The van der Waals surface area contributed by atoms with E-state index in [2.05, 4.69) is 38.8 Å². The predicted octanol–water partition coefficient (Wildman–Crippen LogP) is 3.13. The van der Waals surface area contributed by atoms with E-state index < -0.39 is 0 Å². The van der Waals surface area contributed by atoms with Crippen molar-refractivity contribution in [2.24, 2.45) is 0 Å². The van der Waals surface area contributed by atoms with Gasteiger partial charge in [0.2, 0.25) is 0 Å². The zero-order valence-corrected chi connectivity index (χ0v) is 9.00. The van der Waals surface area contributed by atoms with Gasteiger partial charge < -0.3 is 4.74 Å². The summed E-state index contributed by atoms with van der Waals surface area (Å²) in [5, 5.41) is 0. The van der Waals surface area contributed by atoms with Gasteiger partial charge in [-0.05, 0) is 36.1 Å². The number of terminal acetylenes is 1. The number of benzene rings is 1. The summed E-state index contributed by atoms with van der Waals surface area (Å²) in [5.41, 5.74) is 2.50. The summed E-state index contributed by atoms with van der Waals surface area (Å²) in [4.78, 5) is 0. The highest BCUT2D eigenvalue weighted by Gasteiger charge is 2.02. The van der Waals surface area contributed by atoms with Gasteiger partial charge in [-0.1, -0.05) is 25.8 Å². The van der Waals surface area contributed by atoms with E-state index >= 15 is 0 Å². The Morgan fingerprint density at radius 3 is 2.64 bits per heavy atom. The average molecular weight is 188 g/mol. The van der Waals surface area contributed by atoms with Gasteiger partial charge in [-0.2, -0.15) is 0 Å². The fourth-order valence-corrected chi connectivity index (χ4v) is 1.32. The molecule has 0 heterocycles. The number of ether oxygens (including phenoxy) is 1. The van der Waals surface area contributed by atoms with Crippen molar-refractivity contribution in [1.29, 1.82) is 0 Å². The normalized spacial score (nSPS) is 9.93. The van der Waals surface area contributed by atoms with Crippen molar-refractivity contribution in [3.63, 3.8) is 0 Å². The topological polar surface area (TPSA) is 9.23 Å². The lowest BCUT2D eigenvalue weighted by atomic mass is 10.0. The lowest BCUT2D eigenvalue weighted by Crippen LogP contribution is -1.96. The molecule has 0 N–H and O–H groups in total. The molecule has 0 spiro atoms. The number of rotatable bonds is 3. The minimum atomic E-state index is 0.334. The van der Waals surface area contributed by atoms with Gasteiger partial charge >= 0.3 is 0 Å². The second-order valence-electron chi connectivity index (χ2n) is 3.73. The van der Waals surface area contributed by atoms with Crippen LogP contribution < -0.4 is 4.74 Å². The molecule has 1 aromatic rings. The molecule has 0 unspecified atom stereocenters. The van der Waals surface area contributed by atoms with Crippen molar-refractivity contribution in [3.05, 3.63) is 29.3 Å². The van der Waals surface area contributed by atoms with Crippen LogP contribution in [0.2, 0.25) is 0 Å². The van der Waals surface area contributed by atoms with Crippen molar-refractivity contribution in [3.8, 4) is 18.1 Å². The van der Waals surface area contributed by atoms with E-state index in [0.717, 1.165) is 5.75 Å². The molecule has 1 aromatic carbocycles. The minimum Gasteiger partial charge on any atom is -0.481 e. The van der Waals surface area contributed by atoms with Crippen LogP contribution in [0, 0.1) is 19.3 Å². The van der Waals surface area contributed by atoms with E-state index in [1.54, 1.807) is 0 Å². The number of hydrogen-bond acceptors (Lipinski definition) is 1. The van der Waals surface area contributed by atoms with Crippen LogP contribution in [0.15, 0.2) is 18.2 Å². The molecule has 0 atom stereocenters. The maximum absolute atomic E-state index is 5.39. The monoisotopic (exact) mass is 188 g/mol. The average Bonchev–Trinajstić information content (AvgIpc) is 2.14. The van der Waals surface area contributed by atoms with Gasteiger partial charge in [0.05, 0.1) is 0 Å². The molecule has 0 aliphatic carbocycles. The third-order valence-corrected chi connectivity index (χ3v) is 2.06. The van der Waals surface area contributed by atoms with Crippen molar-refractivity contribution < 1.29 is 4.74 Å². The van der Waals surface area contributed by atoms with Crippen LogP contribution in [0.3, 0.4) is 0 Å². The summed E-state index contributed by atoms with van der Waals surface area (Å²) in [5.74, 6) is 3.85. The molecule has 0 aromatic heterocycles. The maximum atomic E-state index is 5.39. The van der Waals surface area contributed by atoms with Gasteiger partial charge in [0.1, 0.15) is 12.4 Å². The molecule has 0 aliphatic rings. The smallest absolute Gasteiger partial charge is 0.148 e. The first kappa shape index (κ1) is 10.7. The first-order chi connectivity index (χ1) is 6.63. The van der Waals surface area contributed by atoms with Crippen LogP contribution in [0.4, 0.5) is 0 Å². The largest absolute Gasteiger partial charge is 0.481 e. The zero-order valence-electron chi connectivity index (χ0n) is 9.00. The van der Waals surface area contributed by atoms with Crippen LogP contribution in [-0.2, 0) is 0 Å². The minimum absolute atomic E-state index is 0.334. The molecule has 14 heavy (non-hydrogen) atoms. The van der Waals surface area contributed by atoms with Gasteiger partial charge in [-0.3, -0.25) is 0 Å². The summed E-state index contributed by atoms with van der Waals surface area (Å²) in [6.07, 6.45) is 5.14. The molecule has 0 bridgehead atoms. The fraction of sp³-hybridized carbons (Fsp3) is 0.385. The number of aryl methyl sites for hydroxylation is 1. The van der Waals surface area contributed by atoms with Crippen molar-refractivity contribution >= 4 is 0 Å². The third-order valence-electron chi connectivity index (χ3n) is 2.06. The molecule has 0 aliphatic heterocycles. The van der Waals surface area contributed by atoms with E-state index in [-0.39, 0.29) is 0 Å². The van der Waals surface area contributed by atoms with Gasteiger partial charge in [0, 0.05) is 0 Å². The summed E-state index contributed by atoms with van der Waals surface area (Å²) in [6.45, 7) is 6.73. The van der Waals surface area contributed by atoms with E-state index in [1.165, 1.54) is 11.1 Å². The lowest BCUT2D eigenvalue weighted by molar-refractivity contribution is 0.369. The van der Waals surface area contributed by atoms with E-state index in [1.807, 2.05) is 6.07 Å². The molecule has 1 heteroatoms. The molecule has 0 radical (unpaired) electrons. The highest BCUT2D eigenvalue weighted by Crippen LogP contribution is 2.22. The Morgan fingerprint density at radius 2 is 2.07 bits per heavy atom. The highest BCUT2D eigenvalue weighted by molar-refractivity contribution is 5.35. The Labute approximate surface area is 86.1 Å². The molecule has 74 valence electrons. The van der Waals surface area contributed by atoms with Crippen molar-refractivity contribution in [2.45, 2.75) is 26.7 Å². The van der Waals surface area contributed by atoms with Gasteiger partial charge in [-0.15, -0.1) is 6.42 Å². The van der Waals surface area contributed by atoms with Crippen LogP contribution in [-0.4, -0.2) is 6.61 Å². The third kappa shape index (κ3) is 2.81.